The molecule has 0 unspecified atom stereocenters. The Morgan fingerprint density at radius 1 is 1.06 bits per heavy atom. The van der Waals surface area contributed by atoms with Crippen molar-refractivity contribution < 1.29 is 4.39 Å². The maximum atomic E-state index is 14.3. The van der Waals surface area contributed by atoms with Gasteiger partial charge < -0.3 is 10.2 Å². The zero-order valence-corrected chi connectivity index (χ0v) is 18.9. The van der Waals surface area contributed by atoms with Gasteiger partial charge in [-0.2, -0.15) is 5.10 Å². The summed E-state index contributed by atoms with van der Waals surface area (Å²) in [7, 11) is 0. The lowest BCUT2D eigenvalue weighted by Gasteiger charge is -2.32. The fourth-order valence-electron chi connectivity index (χ4n) is 4.32. The van der Waals surface area contributed by atoms with Crippen LogP contribution in [0.4, 0.5) is 21.8 Å². The molecule has 1 fully saturated rings. The number of anilines is 3. The lowest BCUT2D eigenvalue weighted by Crippen LogP contribution is -2.36. The second-order valence-corrected chi connectivity index (χ2v) is 8.52. The van der Waals surface area contributed by atoms with Gasteiger partial charge in [-0.15, -0.1) is 0 Å². The maximum Gasteiger partial charge on any atom is 0.225 e. The van der Waals surface area contributed by atoms with Gasteiger partial charge in [-0.05, 0) is 49.4 Å². The van der Waals surface area contributed by atoms with Crippen molar-refractivity contribution in [3.05, 3.63) is 60.1 Å². The normalized spacial score (nSPS) is 14.7. The predicted octanol–water partition coefficient (Wildman–Crippen LogP) is 4.60. The largest absolute Gasteiger partial charge is 0.341 e. The fourth-order valence-corrected chi connectivity index (χ4v) is 4.32. The van der Waals surface area contributed by atoms with Crippen molar-refractivity contribution in [3.8, 4) is 0 Å². The SMILES string of the molecule is CCCc1cnc(N2CCC(n3ncc4c(Nc5ccc(C)cc5F)ncnc43)CC2)nc1. The second-order valence-electron chi connectivity index (χ2n) is 8.52. The number of hydrogen-bond acceptors (Lipinski definition) is 7. The van der Waals surface area contributed by atoms with Gasteiger partial charge in [-0.3, -0.25) is 0 Å². The zero-order chi connectivity index (χ0) is 22.8. The highest BCUT2D eigenvalue weighted by molar-refractivity contribution is 5.88. The Balaban J connectivity index is 1.31. The van der Waals surface area contributed by atoms with Gasteiger partial charge >= 0.3 is 0 Å². The Labute approximate surface area is 191 Å². The molecule has 0 spiro atoms. The monoisotopic (exact) mass is 446 g/mol. The van der Waals surface area contributed by atoms with E-state index in [0.29, 0.717) is 11.5 Å². The van der Waals surface area contributed by atoms with Gasteiger partial charge in [0, 0.05) is 25.5 Å². The molecular formula is C24H27FN8. The molecule has 0 atom stereocenters. The molecule has 0 radical (unpaired) electrons. The maximum absolute atomic E-state index is 14.3. The van der Waals surface area contributed by atoms with Crippen LogP contribution in [-0.4, -0.2) is 42.8 Å². The first-order valence-corrected chi connectivity index (χ1v) is 11.4. The zero-order valence-electron chi connectivity index (χ0n) is 18.9. The van der Waals surface area contributed by atoms with E-state index in [1.807, 2.05) is 30.1 Å². The average Bonchev–Trinajstić information content (AvgIpc) is 3.27. The lowest BCUT2D eigenvalue weighted by atomic mass is 10.1. The van der Waals surface area contributed by atoms with E-state index in [2.05, 4.69) is 42.2 Å². The first-order valence-electron chi connectivity index (χ1n) is 11.4. The van der Waals surface area contributed by atoms with E-state index < -0.39 is 0 Å². The lowest BCUT2D eigenvalue weighted by molar-refractivity contribution is 0.372. The number of fused-ring (bicyclic) bond motifs is 1. The molecule has 1 N–H and O–H groups in total. The van der Waals surface area contributed by atoms with E-state index in [0.717, 1.165) is 61.3 Å². The number of rotatable bonds is 6. The Kier molecular flexibility index (Phi) is 5.85. The van der Waals surface area contributed by atoms with Crippen LogP contribution in [0.5, 0.6) is 0 Å². The molecule has 5 rings (SSSR count). The van der Waals surface area contributed by atoms with Gasteiger partial charge in [-0.1, -0.05) is 19.4 Å². The molecular weight excluding hydrogens is 419 g/mol. The van der Waals surface area contributed by atoms with Gasteiger partial charge in [0.1, 0.15) is 18.0 Å². The number of benzene rings is 1. The number of nitrogens with one attached hydrogen (secondary N) is 1. The van der Waals surface area contributed by atoms with Crippen LogP contribution in [0, 0.1) is 12.7 Å². The quantitative estimate of drug-likeness (QED) is 0.463. The Hall–Kier alpha value is -3.62. The van der Waals surface area contributed by atoms with Crippen molar-refractivity contribution in [2.24, 2.45) is 0 Å². The summed E-state index contributed by atoms with van der Waals surface area (Å²) in [6, 6.07) is 5.30. The van der Waals surface area contributed by atoms with Gasteiger partial charge in [0.2, 0.25) is 5.95 Å². The molecule has 1 aromatic carbocycles. The minimum absolute atomic E-state index is 0.219. The van der Waals surface area contributed by atoms with Crippen molar-refractivity contribution in [2.45, 2.75) is 45.6 Å². The second kappa shape index (κ2) is 9.09. The first-order chi connectivity index (χ1) is 16.1. The molecule has 33 heavy (non-hydrogen) atoms. The topological polar surface area (TPSA) is 84.7 Å². The van der Waals surface area contributed by atoms with Crippen molar-refractivity contribution in [2.75, 3.05) is 23.3 Å². The summed E-state index contributed by atoms with van der Waals surface area (Å²) in [4.78, 5) is 20.1. The highest BCUT2D eigenvalue weighted by atomic mass is 19.1. The van der Waals surface area contributed by atoms with Crippen LogP contribution in [0.1, 0.15) is 43.4 Å². The molecule has 0 aliphatic carbocycles. The Bertz CT molecular complexity index is 1250. The van der Waals surface area contributed by atoms with Crippen LogP contribution in [-0.2, 0) is 6.42 Å². The molecule has 8 nitrogen and oxygen atoms in total. The van der Waals surface area contributed by atoms with E-state index in [1.54, 1.807) is 12.3 Å². The van der Waals surface area contributed by atoms with Crippen LogP contribution in [0.25, 0.3) is 11.0 Å². The number of nitrogens with zero attached hydrogens (tertiary/aromatic N) is 7. The first kappa shape index (κ1) is 21.2. The van der Waals surface area contributed by atoms with Crippen LogP contribution in [0.3, 0.4) is 0 Å². The van der Waals surface area contributed by atoms with Crippen LogP contribution in [0.2, 0.25) is 0 Å². The smallest absolute Gasteiger partial charge is 0.225 e. The Morgan fingerprint density at radius 3 is 2.58 bits per heavy atom. The summed E-state index contributed by atoms with van der Waals surface area (Å²) in [6.07, 6.45) is 11.0. The number of aryl methyl sites for hydroxylation is 2. The van der Waals surface area contributed by atoms with Crippen LogP contribution in [0.15, 0.2) is 43.1 Å². The average molecular weight is 447 g/mol. The van der Waals surface area contributed by atoms with E-state index in [4.69, 9.17) is 0 Å². The minimum Gasteiger partial charge on any atom is -0.341 e. The third-order valence-electron chi connectivity index (χ3n) is 6.09. The summed E-state index contributed by atoms with van der Waals surface area (Å²) in [5, 5.41) is 8.49. The van der Waals surface area contributed by atoms with E-state index in [1.165, 1.54) is 18.0 Å². The van der Waals surface area contributed by atoms with Gasteiger partial charge in [-0.25, -0.2) is 29.0 Å². The van der Waals surface area contributed by atoms with Crippen LogP contribution < -0.4 is 10.2 Å². The van der Waals surface area contributed by atoms with E-state index >= 15 is 0 Å². The molecule has 170 valence electrons. The van der Waals surface area contributed by atoms with Crippen LogP contribution >= 0.6 is 0 Å². The minimum atomic E-state index is -0.313. The number of aromatic nitrogens is 6. The molecule has 4 heterocycles. The molecule has 3 aromatic heterocycles. The Morgan fingerprint density at radius 2 is 1.85 bits per heavy atom. The van der Waals surface area contributed by atoms with Gasteiger partial charge in [0.05, 0.1) is 23.3 Å². The molecule has 1 aliphatic rings. The molecule has 0 bridgehead atoms. The van der Waals surface area contributed by atoms with Crippen molar-refractivity contribution in [3.63, 3.8) is 0 Å². The third-order valence-corrected chi connectivity index (χ3v) is 6.09. The fraction of sp³-hybridized carbons (Fsp3) is 0.375. The van der Waals surface area contributed by atoms with Crippen molar-refractivity contribution in [1.29, 1.82) is 0 Å². The highest BCUT2D eigenvalue weighted by Crippen LogP contribution is 2.30. The summed E-state index contributed by atoms with van der Waals surface area (Å²) in [5.74, 6) is 1.02. The third kappa shape index (κ3) is 4.35. The molecule has 1 saturated heterocycles. The van der Waals surface area contributed by atoms with E-state index in [9.17, 15) is 4.39 Å². The number of halogens is 1. The molecule has 1 aliphatic heterocycles. The van der Waals surface area contributed by atoms with Gasteiger partial charge in [0.15, 0.2) is 5.65 Å². The molecule has 0 amide bonds. The molecule has 0 saturated carbocycles. The highest BCUT2D eigenvalue weighted by Gasteiger charge is 2.25. The molecule has 4 aromatic rings. The predicted molar refractivity (Wildman–Crippen MR) is 126 cm³/mol. The summed E-state index contributed by atoms with van der Waals surface area (Å²) < 4.78 is 16.3. The summed E-state index contributed by atoms with van der Waals surface area (Å²) in [5.41, 5.74) is 3.17. The molecule has 9 heteroatoms. The number of piperidine rings is 1. The standard InChI is InChI=1S/C24H27FN8/c1-3-4-17-12-26-24(27-13-17)32-9-7-18(8-10-32)33-23-19(14-30-33)22(28-15-29-23)31-21-6-5-16(2)11-20(21)25/h5-6,11-15,18H,3-4,7-10H2,1-2H3,(H,28,29,31). The summed E-state index contributed by atoms with van der Waals surface area (Å²) >= 11 is 0. The summed E-state index contributed by atoms with van der Waals surface area (Å²) in [6.45, 7) is 5.72. The van der Waals surface area contributed by atoms with Crippen molar-refractivity contribution in [1.82, 2.24) is 29.7 Å². The van der Waals surface area contributed by atoms with E-state index in [-0.39, 0.29) is 11.9 Å². The number of hydrogen-bond donors (Lipinski definition) is 1. The van der Waals surface area contributed by atoms with Gasteiger partial charge in [0.25, 0.3) is 0 Å². The van der Waals surface area contributed by atoms with Crippen molar-refractivity contribution >= 4 is 28.5 Å².